The Hall–Kier alpha value is -2.85. The van der Waals surface area contributed by atoms with Gasteiger partial charge in [-0.15, -0.1) is 0 Å². The molecule has 104 valence electrons. The normalized spacial score (nSPS) is 11.2. The molecule has 3 rings (SSSR count). The summed E-state index contributed by atoms with van der Waals surface area (Å²) < 4.78 is 29.5. The summed E-state index contributed by atoms with van der Waals surface area (Å²) in [6.07, 6.45) is 1.48. The van der Waals surface area contributed by atoms with E-state index in [1.807, 2.05) is 6.07 Å². The highest BCUT2D eigenvalue weighted by Gasteiger charge is 2.17. The van der Waals surface area contributed by atoms with Crippen molar-refractivity contribution in [2.45, 2.75) is 4.90 Å². The minimum absolute atomic E-state index is 0.0154. The van der Waals surface area contributed by atoms with Gasteiger partial charge in [0.15, 0.2) is 0 Å². The van der Waals surface area contributed by atoms with Crippen molar-refractivity contribution in [1.29, 1.82) is 5.26 Å². The molecule has 0 bridgehead atoms. The third kappa shape index (κ3) is 2.57. The van der Waals surface area contributed by atoms with E-state index in [0.29, 0.717) is 16.6 Å². The Morgan fingerprint density at radius 2 is 2.05 bits per heavy atom. The molecule has 0 saturated heterocycles. The maximum atomic E-state index is 12.2. The topological polar surface area (TPSA) is 95.8 Å². The van der Waals surface area contributed by atoms with Crippen molar-refractivity contribution in [1.82, 2.24) is 9.97 Å². The summed E-state index contributed by atoms with van der Waals surface area (Å²) in [4.78, 5) is 6.88. The number of hydrogen-bond donors (Lipinski definition) is 1. The van der Waals surface area contributed by atoms with Crippen LogP contribution in [0, 0.1) is 11.3 Å². The summed E-state index contributed by atoms with van der Waals surface area (Å²) in [6, 6.07) is 12.4. The molecule has 0 aliphatic heterocycles. The molecule has 6 nitrogen and oxygen atoms in total. The van der Waals surface area contributed by atoms with Gasteiger partial charge in [0.25, 0.3) is 0 Å². The van der Waals surface area contributed by atoms with Crippen LogP contribution in [-0.4, -0.2) is 18.4 Å². The first kappa shape index (κ1) is 13.1. The van der Waals surface area contributed by atoms with Crippen LogP contribution in [0.5, 0.6) is 5.75 Å². The fourth-order valence-corrected chi connectivity index (χ4v) is 2.81. The van der Waals surface area contributed by atoms with Gasteiger partial charge in [-0.3, -0.25) is 0 Å². The van der Waals surface area contributed by atoms with Crippen LogP contribution in [0.3, 0.4) is 0 Å². The van der Waals surface area contributed by atoms with Gasteiger partial charge in [-0.1, -0.05) is 6.07 Å². The molecule has 0 amide bonds. The average Bonchev–Trinajstić information content (AvgIpc) is 2.94. The van der Waals surface area contributed by atoms with Gasteiger partial charge < -0.3 is 9.17 Å². The minimum atomic E-state index is -3.96. The lowest BCUT2D eigenvalue weighted by Gasteiger charge is -2.07. The van der Waals surface area contributed by atoms with Crippen LogP contribution < -0.4 is 4.18 Å². The van der Waals surface area contributed by atoms with E-state index in [-0.39, 0.29) is 10.6 Å². The van der Waals surface area contributed by atoms with E-state index in [2.05, 4.69) is 9.97 Å². The molecule has 0 aliphatic rings. The Bertz CT molecular complexity index is 955. The number of benzene rings is 2. The van der Waals surface area contributed by atoms with Crippen molar-refractivity contribution >= 4 is 21.2 Å². The quantitative estimate of drug-likeness (QED) is 0.748. The number of nitrogens with one attached hydrogen (secondary N) is 1. The fraction of sp³-hybridized carbons (Fsp3) is 0. The predicted molar refractivity (Wildman–Crippen MR) is 75.1 cm³/mol. The van der Waals surface area contributed by atoms with E-state index in [9.17, 15) is 8.42 Å². The molecular formula is C14H9N3O3S. The standard InChI is InChI=1S/C14H9N3O3S/c15-8-10-2-1-3-11(6-10)20-21(18,19)12-4-5-13-14(7-12)17-9-16-13/h1-7,9H,(H,16,17). The van der Waals surface area contributed by atoms with Crippen LogP contribution in [0.25, 0.3) is 11.0 Å². The van der Waals surface area contributed by atoms with E-state index in [4.69, 9.17) is 9.44 Å². The van der Waals surface area contributed by atoms with Crippen LogP contribution >= 0.6 is 0 Å². The molecule has 21 heavy (non-hydrogen) atoms. The number of H-pyrrole nitrogens is 1. The van der Waals surface area contributed by atoms with Crippen molar-refractivity contribution < 1.29 is 12.6 Å². The predicted octanol–water partition coefficient (Wildman–Crippen LogP) is 2.20. The van der Waals surface area contributed by atoms with Gasteiger partial charge in [0.1, 0.15) is 10.6 Å². The molecule has 0 aliphatic carbocycles. The number of imidazole rings is 1. The maximum absolute atomic E-state index is 12.2. The third-order valence-electron chi connectivity index (χ3n) is 2.85. The number of nitrogens with zero attached hydrogens (tertiary/aromatic N) is 2. The summed E-state index contributed by atoms with van der Waals surface area (Å²) in [6.45, 7) is 0. The molecule has 0 spiro atoms. The van der Waals surface area contributed by atoms with E-state index < -0.39 is 10.1 Å². The minimum Gasteiger partial charge on any atom is -0.379 e. The van der Waals surface area contributed by atoms with Crippen molar-refractivity contribution in [2.24, 2.45) is 0 Å². The first-order valence-electron chi connectivity index (χ1n) is 5.96. The molecule has 3 aromatic rings. The van der Waals surface area contributed by atoms with E-state index in [1.54, 1.807) is 18.2 Å². The van der Waals surface area contributed by atoms with Gasteiger partial charge in [0.2, 0.25) is 0 Å². The monoisotopic (exact) mass is 299 g/mol. The number of rotatable bonds is 3. The summed E-state index contributed by atoms with van der Waals surface area (Å²) in [5.74, 6) is 0.0961. The van der Waals surface area contributed by atoms with E-state index in [0.717, 1.165) is 0 Å². The largest absolute Gasteiger partial charge is 0.379 e. The van der Waals surface area contributed by atoms with Crippen LogP contribution in [0.15, 0.2) is 53.7 Å². The van der Waals surface area contributed by atoms with Gasteiger partial charge in [0.05, 0.1) is 29.0 Å². The Kier molecular flexibility index (Phi) is 3.08. The average molecular weight is 299 g/mol. The zero-order chi connectivity index (χ0) is 14.9. The highest BCUT2D eigenvalue weighted by Crippen LogP contribution is 2.21. The molecule has 0 radical (unpaired) electrons. The number of aromatic amines is 1. The second-order valence-corrected chi connectivity index (χ2v) is 5.80. The lowest BCUT2D eigenvalue weighted by molar-refractivity contribution is 0.486. The lowest BCUT2D eigenvalue weighted by Crippen LogP contribution is -2.09. The molecule has 0 unspecified atom stereocenters. The third-order valence-corrected chi connectivity index (χ3v) is 4.09. The molecule has 0 fully saturated rings. The highest BCUT2D eigenvalue weighted by molar-refractivity contribution is 7.87. The van der Waals surface area contributed by atoms with Crippen molar-refractivity contribution in [3.8, 4) is 11.8 Å². The Morgan fingerprint density at radius 3 is 2.86 bits per heavy atom. The highest BCUT2D eigenvalue weighted by atomic mass is 32.2. The van der Waals surface area contributed by atoms with Crippen LogP contribution in [0.2, 0.25) is 0 Å². The zero-order valence-corrected chi connectivity index (χ0v) is 11.5. The second kappa shape index (κ2) is 4.92. The summed E-state index contributed by atoms with van der Waals surface area (Å²) in [7, 11) is -3.96. The first-order chi connectivity index (χ1) is 10.1. The molecule has 0 atom stereocenters. The number of aromatic nitrogens is 2. The number of hydrogen-bond acceptors (Lipinski definition) is 5. The summed E-state index contributed by atoms with van der Waals surface area (Å²) in [5, 5.41) is 8.81. The Balaban J connectivity index is 1.97. The van der Waals surface area contributed by atoms with Crippen molar-refractivity contribution in [3.05, 3.63) is 54.4 Å². The fourth-order valence-electron chi connectivity index (χ4n) is 1.86. The smallest absolute Gasteiger partial charge is 0.339 e. The Morgan fingerprint density at radius 1 is 1.19 bits per heavy atom. The number of fused-ring (bicyclic) bond motifs is 1. The lowest BCUT2D eigenvalue weighted by atomic mass is 10.2. The summed E-state index contributed by atoms with van der Waals surface area (Å²) in [5.41, 5.74) is 1.59. The summed E-state index contributed by atoms with van der Waals surface area (Å²) >= 11 is 0. The van der Waals surface area contributed by atoms with E-state index in [1.165, 1.54) is 30.6 Å². The van der Waals surface area contributed by atoms with Gasteiger partial charge in [-0.2, -0.15) is 13.7 Å². The van der Waals surface area contributed by atoms with Crippen LogP contribution in [-0.2, 0) is 10.1 Å². The SMILES string of the molecule is N#Cc1cccc(OS(=O)(=O)c2ccc3nc[nH]c3c2)c1. The van der Waals surface area contributed by atoms with Gasteiger partial charge in [-0.25, -0.2) is 4.98 Å². The molecule has 2 aromatic carbocycles. The van der Waals surface area contributed by atoms with Gasteiger partial charge in [0, 0.05) is 0 Å². The molecule has 1 N–H and O–H groups in total. The molecule has 0 saturated carbocycles. The van der Waals surface area contributed by atoms with Crippen LogP contribution in [0.1, 0.15) is 5.56 Å². The molecular weight excluding hydrogens is 290 g/mol. The first-order valence-corrected chi connectivity index (χ1v) is 7.37. The zero-order valence-electron chi connectivity index (χ0n) is 10.6. The molecule has 7 heteroatoms. The van der Waals surface area contributed by atoms with Crippen molar-refractivity contribution in [3.63, 3.8) is 0 Å². The van der Waals surface area contributed by atoms with Gasteiger partial charge in [-0.05, 0) is 36.4 Å². The molecule has 1 heterocycles. The molecule has 1 aromatic heterocycles. The van der Waals surface area contributed by atoms with Gasteiger partial charge >= 0.3 is 10.1 Å². The van der Waals surface area contributed by atoms with Crippen molar-refractivity contribution in [2.75, 3.05) is 0 Å². The second-order valence-electron chi connectivity index (χ2n) is 4.26. The number of nitriles is 1. The Labute approximate surface area is 120 Å². The maximum Gasteiger partial charge on any atom is 0.339 e. The van der Waals surface area contributed by atoms with E-state index >= 15 is 0 Å². The van der Waals surface area contributed by atoms with Crippen LogP contribution in [0.4, 0.5) is 0 Å².